The minimum absolute atomic E-state index is 0.00644. The van der Waals surface area contributed by atoms with E-state index in [1.807, 2.05) is 0 Å². The van der Waals surface area contributed by atoms with Gasteiger partial charge in [-0.3, -0.25) is 9.10 Å². The largest absolute Gasteiger partial charge is 0.371 e. The smallest absolute Gasteiger partial charge is 0.299 e. The molecule has 1 aliphatic heterocycles. The van der Waals surface area contributed by atoms with Gasteiger partial charge in [0.15, 0.2) is 0 Å². The number of rotatable bonds is 6. The van der Waals surface area contributed by atoms with Gasteiger partial charge in [-0.15, -0.1) is 0 Å². The first-order chi connectivity index (χ1) is 10.4. The van der Waals surface area contributed by atoms with Crippen molar-refractivity contribution in [2.24, 2.45) is 11.1 Å². The van der Waals surface area contributed by atoms with Crippen LogP contribution in [0.15, 0.2) is 18.2 Å². The van der Waals surface area contributed by atoms with E-state index in [9.17, 15) is 13.2 Å². The second-order valence-corrected chi connectivity index (χ2v) is 7.19. The van der Waals surface area contributed by atoms with Crippen molar-refractivity contribution >= 4 is 27.5 Å². The number of carbonyl (C=O) groups is 1. The molecule has 0 unspecified atom stereocenters. The molecule has 2 aliphatic rings. The van der Waals surface area contributed by atoms with Gasteiger partial charge in [-0.25, -0.2) is 5.14 Å². The summed E-state index contributed by atoms with van der Waals surface area (Å²) >= 11 is 0. The van der Waals surface area contributed by atoms with Crippen LogP contribution in [0.2, 0.25) is 0 Å². The minimum Gasteiger partial charge on any atom is -0.371 e. The third kappa shape index (κ3) is 3.57. The second kappa shape index (κ2) is 5.86. The number of anilines is 2. The van der Waals surface area contributed by atoms with E-state index in [0.717, 1.165) is 9.87 Å². The quantitative estimate of drug-likeness (QED) is 0.800. The molecule has 0 bridgehead atoms. The summed E-state index contributed by atoms with van der Waals surface area (Å²) in [5.74, 6) is 0.358. The van der Waals surface area contributed by atoms with Crippen LogP contribution >= 0.6 is 0 Å². The maximum atomic E-state index is 11.8. The van der Waals surface area contributed by atoms with Gasteiger partial charge in [-0.05, 0) is 42.9 Å². The highest BCUT2D eigenvalue weighted by molar-refractivity contribution is 7.90. The molecule has 1 heterocycles. The average molecular weight is 325 g/mol. The summed E-state index contributed by atoms with van der Waals surface area (Å²) in [6, 6.07) is 5.19. The standard InChI is InChI=1S/C14H19N3O4S/c15-22(19,20)17-6-5-11-3-4-12(7-13(11)17)16-14(18)9-21-8-10-1-2-10/h3-4,7,10H,1-2,5-6,8-9H2,(H,16,18)(H2,15,19,20). The van der Waals surface area contributed by atoms with Crippen LogP contribution in [-0.4, -0.2) is 34.1 Å². The Morgan fingerprint density at radius 2 is 2.18 bits per heavy atom. The Hall–Kier alpha value is -1.64. The lowest BCUT2D eigenvalue weighted by molar-refractivity contribution is -0.120. The van der Waals surface area contributed by atoms with E-state index in [1.165, 1.54) is 12.8 Å². The maximum absolute atomic E-state index is 11.8. The van der Waals surface area contributed by atoms with Crippen molar-refractivity contribution in [3.63, 3.8) is 0 Å². The molecule has 1 aromatic carbocycles. The number of nitrogens with two attached hydrogens (primary N) is 1. The number of nitrogens with zero attached hydrogens (tertiary/aromatic N) is 1. The molecule has 1 aromatic rings. The number of carbonyl (C=O) groups excluding carboxylic acids is 1. The molecule has 120 valence electrons. The van der Waals surface area contributed by atoms with E-state index in [0.29, 0.717) is 36.9 Å². The van der Waals surface area contributed by atoms with Crippen LogP contribution in [0, 0.1) is 5.92 Å². The van der Waals surface area contributed by atoms with Crippen LogP contribution in [-0.2, 0) is 26.2 Å². The Morgan fingerprint density at radius 3 is 2.86 bits per heavy atom. The van der Waals surface area contributed by atoms with Crippen LogP contribution in [0.4, 0.5) is 11.4 Å². The molecule has 1 aliphatic carbocycles. The van der Waals surface area contributed by atoms with Gasteiger partial charge in [0, 0.05) is 12.2 Å². The Labute approximate surface area is 129 Å². The van der Waals surface area contributed by atoms with Crippen molar-refractivity contribution in [2.45, 2.75) is 19.3 Å². The summed E-state index contributed by atoms with van der Waals surface area (Å²) in [5.41, 5.74) is 1.96. The molecule has 3 rings (SSSR count). The molecular formula is C14H19N3O4S. The molecule has 8 heteroatoms. The van der Waals surface area contributed by atoms with Crippen LogP contribution in [0.3, 0.4) is 0 Å². The molecule has 1 fully saturated rings. The highest BCUT2D eigenvalue weighted by atomic mass is 32.2. The summed E-state index contributed by atoms with van der Waals surface area (Å²) in [7, 11) is -3.78. The number of hydrogen-bond donors (Lipinski definition) is 2. The maximum Gasteiger partial charge on any atom is 0.299 e. The predicted octanol–water partition coefficient (Wildman–Crippen LogP) is 0.618. The van der Waals surface area contributed by atoms with Crippen LogP contribution in [0.5, 0.6) is 0 Å². The van der Waals surface area contributed by atoms with Crippen molar-refractivity contribution in [3.8, 4) is 0 Å². The fourth-order valence-electron chi connectivity index (χ4n) is 2.49. The summed E-state index contributed by atoms with van der Waals surface area (Å²) in [5, 5.41) is 7.91. The monoisotopic (exact) mass is 325 g/mol. The lowest BCUT2D eigenvalue weighted by atomic mass is 10.1. The molecule has 22 heavy (non-hydrogen) atoms. The fourth-order valence-corrected chi connectivity index (χ4v) is 3.28. The molecule has 0 aromatic heterocycles. The topological polar surface area (TPSA) is 102 Å². The lowest BCUT2D eigenvalue weighted by Gasteiger charge is -2.16. The van der Waals surface area contributed by atoms with Crippen LogP contribution in [0.25, 0.3) is 0 Å². The highest BCUT2D eigenvalue weighted by Gasteiger charge is 2.27. The van der Waals surface area contributed by atoms with Gasteiger partial charge in [-0.1, -0.05) is 6.07 Å². The van der Waals surface area contributed by atoms with Crippen molar-refractivity contribution in [1.82, 2.24) is 0 Å². The number of nitrogens with one attached hydrogen (secondary N) is 1. The molecule has 7 nitrogen and oxygen atoms in total. The van der Waals surface area contributed by atoms with Gasteiger partial charge in [0.05, 0.1) is 12.3 Å². The van der Waals surface area contributed by atoms with Crippen molar-refractivity contribution in [1.29, 1.82) is 0 Å². The normalized spacial score (nSPS) is 17.4. The average Bonchev–Trinajstić information content (AvgIpc) is 3.14. The second-order valence-electron chi connectivity index (χ2n) is 5.72. The van der Waals surface area contributed by atoms with Crippen LogP contribution in [0.1, 0.15) is 18.4 Å². The first kappa shape index (κ1) is 15.3. The fraction of sp³-hybridized carbons (Fsp3) is 0.500. The van der Waals surface area contributed by atoms with E-state index >= 15 is 0 Å². The number of amides is 1. The number of ether oxygens (including phenoxy) is 1. The zero-order valence-corrected chi connectivity index (χ0v) is 12.9. The zero-order chi connectivity index (χ0) is 15.7. The Balaban J connectivity index is 1.64. The minimum atomic E-state index is -3.78. The summed E-state index contributed by atoms with van der Waals surface area (Å²) in [6.45, 7) is 0.958. The van der Waals surface area contributed by atoms with Gasteiger partial charge in [0.25, 0.3) is 10.2 Å². The SMILES string of the molecule is NS(=O)(=O)N1CCc2ccc(NC(=O)COCC3CC3)cc21. The molecule has 3 N–H and O–H groups in total. The number of hydrogen-bond acceptors (Lipinski definition) is 4. The first-order valence-electron chi connectivity index (χ1n) is 7.24. The van der Waals surface area contributed by atoms with E-state index in [-0.39, 0.29) is 12.5 Å². The predicted molar refractivity (Wildman–Crippen MR) is 82.8 cm³/mol. The summed E-state index contributed by atoms with van der Waals surface area (Å²) in [4.78, 5) is 11.8. The van der Waals surface area contributed by atoms with E-state index in [2.05, 4.69) is 5.32 Å². The van der Waals surface area contributed by atoms with E-state index in [1.54, 1.807) is 18.2 Å². The Kier molecular flexibility index (Phi) is 4.07. The van der Waals surface area contributed by atoms with Crippen molar-refractivity contribution < 1.29 is 17.9 Å². The van der Waals surface area contributed by atoms with Crippen molar-refractivity contribution in [3.05, 3.63) is 23.8 Å². The summed E-state index contributed by atoms with van der Waals surface area (Å²) in [6.07, 6.45) is 2.97. The Morgan fingerprint density at radius 1 is 1.41 bits per heavy atom. The highest BCUT2D eigenvalue weighted by Crippen LogP contribution is 2.32. The number of benzene rings is 1. The van der Waals surface area contributed by atoms with Crippen molar-refractivity contribution in [2.75, 3.05) is 29.4 Å². The summed E-state index contributed by atoms with van der Waals surface area (Å²) < 4.78 is 29.5. The molecule has 1 amide bonds. The van der Waals surface area contributed by atoms with Gasteiger partial charge in [-0.2, -0.15) is 8.42 Å². The zero-order valence-electron chi connectivity index (χ0n) is 12.1. The van der Waals surface area contributed by atoms with E-state index in [4.69, 9.17) is 9.88 Å². The molecule has 1 saturated carbocycles. The first-order valence-corrected chi connectivity index (χ1v) is 8.75. The molecular weight excluding hydrogens is 306 g/mol. The third-order valence-corrected chi connectivity index (χ3v) is 4.81. The Bertz CT molecular complexity index is 685. The van der Waals surface area contributed by atoms with Gasteiger partial charge in [0.1, 0.15) is 6.61 Å². The van der Waals surface area contributed by atoms with Gasteiger partial charge >= 0.3 is 0 Å². The molecule has 0 saturated heterocycles. The lowest BCUT2D eigenvalue weighted by Crippen LogP contribution is -2.35. The molecule has 0 radical (unpaired) electrons. The molecule has 0 atom stereocenters. The van der Waals surface area contributed by atoms with Gasteiger partial charge in [0.2, 0.25) is 5.91 Å². The molecule has 0 spiro atoms. The third-order valence-electron chi connectivity index (χ3n) is 3.81. The number of fused-ring (bicyclic) bond motifs is 1. The van der Waals surface area contributed by atoms with Gasteiger partial charge < -0.3 is 10.1 Å². The van der Waals surface area contributed by atoms with E-state index < -0.39 is 10.2 Å². The van der Waals surface area contributed by atoms with Crippen LogP contribution < -0.4 is 14.8 Å².